The Morgan fingerprint density at radius 2 is 2.12 bits per heavy atom. The second-order valence-electron chi connectivity index (χ2n) is 2.95. The van der Waals surface area contributed by atoms with Crippen molar-refractivity contribution in [1.29, 1.82) is 0 Å². The Morgan fingerprint density at radius 3 is 2.69 bits per heavy atom. The molecule has 0 atom stereocenters. The van der Waals surface area contributed by atoms with Crippen molar-refractivity contribution in [3.63, 3.8) is 0 Å². The van der Waals surface area contributed by atoms with Gasteiger partial charge in [0.2, 0.25) is 0 Å². The fourth-order valence-corrected chi connectivity index (χ4v) is 1.17. The molecule has 5 heteroatoms. The normalized spacial score (nSPS) is 10.2. The lowest BCUT2D eigenvalue weighted by Gasteiger charge is -2.06. The minimum Gasteiger partial charge on any atom is -0.497 e. The summed E-state index contributed by atoms with van der Waals surface area (Å²) >= 11 is 0. The number of amides is 1. The number of carbonyl (C=O) groups is 1. The van der Waals surface area contributed by atoms with Crippen molar-refractivity contribution in [1.82, 2.24) is 5.43 Å². The zero-order valence-electron chi connectivity index (χ0n) is 9.19. The molecule has 1 amide bonds. The van der Waals surface area contributed by atoms with Gasteiger partial charge < -0.3 is 9.47 Å². The van der Waals surface area contributed by atoms with Crippen molar-refractivity contribution in [3.8, 4) is 11.5 Å². The first-order valence-electron chi connectivity index (χ1n) is 4.62. The summed E-state index contributed by atoms with van der Waals surface area (Å²) in [5, 5.41) is 0. The molecule has 0 radical (unpaired) electrons. The lowest BCUT2D eigenvalue weighted by Crippen LogP contribution is -2.27. The smallest absolute Gasteiger partial charge is 0.257 e. The molecule has 0 bridgehead atoms. The average molecular weight is 222 g/mol. The number of methoxy groups -OCH3 is 2. The van der Waals surface area contributed by atoms with E-state index in [-0.39, 0.29) is 5.91 Å². The van der Waals surface area contributed by atoms with Crippen LogP contribution in [-0.4, -0.2) is 20.1 Å². The van der Waals surface area contributed by atoms with Crippen LogP contribution in [0, 0.1) is 0 Å². The third kappa shape index (κ3) is 2.99. The first-order chi connectivity index (χ1) is 7.71. The van der Waals surface area contributed by atoms with Gasteiger partial charge in [-0.05, 0) is 18.2 Å². The van der Waals surface area contributed by atoms with Crippen molar-refractivity contribution >= 4 is 12.0 Å². The van der Waals surface area contributed by atoms with Gasteiger partial charge in [-0.2, -0.15) is 0 Å². The lowest BCUT2D eigenvalue weighted by molar-refractivity contribution is -0.116. The first kappa shape index (κ1) is 12.1. The van der Waals surface area contributed by atoms with E-state index in [0.29, 0.717) is 11.5 Å². The van der Waals surface area contributed by atoms with E-state index in [1.807, 2.05) is 5.43 Å². The van der Waals surface area contributed by atoms with E-state index in [4.69, 9.17) is 15.3 Å². The van der Waals surface area contributed by atoms with E-state index in [1.54, 1.807) is 38.5 Å². The molecule has 0 aliphatic rings. The number of hydrogen-bond acceptors (Lipinski definition) is 4. The largest absolute Gasteiger partial charge is 0.497 e. The zero-order valence-corrected chi connectivity index (χ0v) is 9.19. The van der Waals surface area contributed by atoms with Gasteiger partial charge in [0, 0.05) is 17.7 Å². The van der Waals surface area contributed by atoms with Crippen molar-refractivity contribution in [2.24, 2.45) is 5.84 Å². The molecule has 1 rings (SSSR count). The van der Waals surface area contributed by atoms with E-state index in [1.165, 1.54) is 6.08 Å². The Labute approximate surface area is 93.8 Å². The van der Waals surface area contributed by atoms with E-state index >= 15 is 0 Å². The molecule has 5 nitrogen and oxygen atoms in total. The predicted molar refractivity (Wildman–Crippen MR) is 60.9 cm³/mol. The van der Waals surface area contributed by atoms with Crippen molar-refractivity contribution in [3.05, 3.63) is 29.8 Å². The highest BCUT2D eigenvalue weighted by atomic mass is 16.5. The maximum atomic E-state index is 10.9. The number of ether oxygens (including phenoxy) is 2. The van der Waals surface area contributed by atoms with Gasteiger partial charge in [-0.25, -0.2) is 5.84 Å². The summed E-state index contributed by atoms with van der Waals surface area (Å²) in [4.78, 5) is 10.9. The maximum absolute atomic E-state index is 10.9. The van der Waals surface area contributed by atoms with Gasteiger partial charge in [0.05, 0.1) is 14.2 Å². The third-order valence-corrected chi connectivity index (χ3v) is 2.00. The van der Waals surface area contributed by atoms with Crippen LogP contribution in [0.15, 0.2) is 24.3 Å². The minimum absolute atomic E-state index is 0.377. The van der Waals surface area contributed by atoms with Gasteiger partial charge >= 0.3 is 0 Å². The second kappa shape index (κ2) is 5.77. The summed E-state index contributed by atoms with van der Waals surface area (Å²) in [5.41, 5.74) is 2.77. The van der Waals surface area contributed by atoms with E-state index in [0.717, 1.165) is 5.56 Å². The van der Waals surface area contributed by atoms with Crippen molar-refractivity contribution in [2.75, 3.05) is 14.2 Å². The predicted octanol–water partition coefficient (Wildman–Crippen LogP) is 0.707. The van der Waals surface area contributed by atoms with Crippen LogP contribution in [0.25, 0.3) is 6.08 Å². The highest BCUT2D eigenvalue weighted by molar-refractivity contribution is 5.91. The van der Waals surface area contributed by atoms with E-state index < -0.39 is 0 Å². The number of hydrogen-bond donors (Lipinski definition) is 2. The topological polar surface area (TPSA) is 73.6 Å². The minimum atomic E-state index is -0.377. The molecule has 1 aromatic carbocycles. The fourth-order valence-electron chi connectivity index (χ4n) is 1.17. The quantitative estimate of drug-likeness (QED) is 0.340. The summed E-state index contributed by atoms with van der Waals surface area (Å²) in [6, 6.07) is 5.31. The second-order valence-corrected chi connectivity index (χ2v) is 2.95. The molecular formula is C11H14N2O3. The Kier molecular flexibility index (Phi) is 4.35. The first-order valence-corrected chi connectivity index (χ1v) is 4.62. The third-order valence-electron chi connectivity index (χ3n) is 2.00. The van der Waals surface area contributed by atoms with Crippen molar-refractivity contribution in [2.45, 2.75) is 0 Å². The molecule has 16 heavy (non-hydrogen) atoms. The lowest BCUT2D eigenvalue weighted by atomic mass is 10.1. The van der Waals surface area contributed by atoms with E-state index in [9.17, 15) is 4.79 Å². The van der Waals surface area contributed by atoms with Crippen LogP contribution in [-0.2, 0) is 4.79 Å². The summed E-state index contributed by atoms with van der Waals surface area (Å²) in [6.07, 6.45) is 2.94. The zero-order chi connectivity index (χ0) is 12.0. The molecule has 0 saturated carbocycles. The van der Waals surface area contributed by atoms with Gasteiger partial charge in [-0.15, -0.1) is 0 Å². The Hall–Kier alpha value is -2.01. The number of nitrogens with one attached hydrogen (secondary N) is 1. The van der Waals surface area contributed by atoms with Gasteiger partial charge in [-0.3, -0.25) is 10.2 Å². The van der Waals surface area contributed by atoms with Crippen LogP contribution in [0.5, 0.6) is 11.5 Å². The van der Waals surface area contributed by atoms with Crippen molar-refractivity contribution < 1.29 is 14.3 Å². The molecule has 1 aromatic rings. The number of hydrazine groups is 1. The molecule has 0 aliphatic heterocycles. The molecule has 0 heterocycles. The Bertz CT molecular complexity index is 402. The maximum Gasteiger partial charge on any atom is 0.257 e. The summed E-state index contributed by atoms with van der Waals surface area (Å²) in [5.74, 6) is 5.89. The monoisotopic (exact) mass is 222 g/mol. The molecule has 86 valence electrons. The highest BCUT2D eigenvalue weighted by Gasteiger charge is 2.02. The fraction of sp³-hybridized carbons (Fsp3) is 0.182. The van der Waals surface area contributed by atoms with Crippen LogP contribution in [0.2, 0.25) is 0 Å². The summed E-state index contributed by atoms with van der Waals surface area (Å²) in [7, 11) is 3.13. The molecular weight excluding hydrogens is 208 g/mol. The van der Waals surface area contributed by atoms with Gasteiger partial charge in [-0.1, -0.05) is 0 Å². The van der Waals surface area contributed by atoms with Gasteiger partial charge in [0.25, 0.3) is 5.91 Å². The summed E-state index contributed by atoms with van der Waals surface area (Å²) in [6.45, 7) is 0. The number of rotatable bonds is 4. The molecule has 0 unspecified atom stereocenters. The van der Waals surface area contributed by atoms with Gasteiger partial charge in [0.15, 0.2) is 0 Å². The average Bonchev–Trinajstić information content (AvgIpc) is 2.35. The molecule has 0 spiro atoms. The van der Waals surface area contributed by atoms with Crippen LogP contribution in [0.3, 0.4) is 0 Å². The molecule has 0 aromatic heterocycles. The SMILES string of the molecule is COc1ccc(/C=C/C(=O)NN)c(OC)c1. The molecule has 0 saturated heterocycles. The van der Waals surface area contributed by atoms with Gasteiger partial charge in [0.1, 0.15) is 11.5 Å². The number of carbonyl (C=O) groups excluding carboxylic acids is 1. The molecule has 0 fully saturated rings. The molecule has 0 aliphatic carbocycles. The highest BCUT2D eigenvalue weighted by Crippen LogP contribution is 2.25. The van der Waals surface area contributed by atoms with Crippen LogP contribution in [0.1, 0.15) is 5.56 Å². The van der Waals surface area contributed by atoms with Crippen LogP contribution >= 0.6 is 0 Å². The Morgan fingerprint density at radius 1 is 1.38 bits per heavy atom. The van der Waals surface area contributed by atoms with E-state index in [2.05, 4.69) is 0 Å². The van der Waals surface area contributed by atoms with Crippen LogP contribution in [0.4, 0.5) is 0 Å². The standard InChI is InChI=1S/C11H14N2O3/c1-15-9-5-3-8(10(7-9)16-2)4-6-11(14)13-12/h3-7H,12H2,1-2H3,(H,13,14)/b6-4+. The number of benzene rings is 1. The van der Waals surface area contributed by atoms with Crippen LogP contribution < -0.4 is 20.7 Å². The summed E-state index contributed by atoms with van der Waals surface area (Å²) < 4.78 is 10.2. The number of nitrogens with two attached hydrogens (primary N) is 1. The Balaban J connectivity index is 2.95. The molecule has 3 N–H and O–H groups in total.